The number of nitrogens with one attached hydrogen (secondary N) is 1. The fourth-order valence-corrected chi connectivity index (χ4v) is 5.75. The van der Waals surface area contributed by atoms with Gasteiger partial charge in [-0.15, -0.1) is 22.0 Å². The molecule has 0 spiro atoms. The van der Waals surface area contributed by atoms with Crippen LogP contribution < -0.4 is 5.32 Å². The average molecular weight is 451 g/mol. The highest BCUT2D eigenvalue weighted by atomic mass is 32.2. The molecular formula is C19H22N4O5S2. The normalized spacial score (nSPS) is 20.9. The predicted molar refractivity (Wildman–Crippen MR) is 110 cm³/mol. The molecule has 30 heavy (non-hydrogen) atoms. The van der Waals surface area contributed by atoms with Crippen molar-refractivity contribution in [3.05, 3.63) is 22.4 Å². The molecule has 11 heteroatoms. The molecule has 0 bridgehead atoms. The van der Waals surface area contributed by atoms with Gasteiger partial charge in [-0.05, 0) is 26.7 Å². The molecule has 2 aliphatic rings. The van der Waals surface area contributed by atoms with E-state index in [1.807, 2.05) is 0 Å². The lowest BCUT2D eigenvalue weighted by Gasteiger charge is -2.25. The number of carbonyl (C=O) groups is 2. The highest BCUT2D eigenvalue weighted by Gasteiger charge is 2.41. The molecule has 1 N–H and O–H groups in total. The number of hydrogen-bond donors (Lipinski definition) is 1. The van der Waals surface area contributed by atoms with Gasteiger partial charge in [0.05, 0.1) is 23.0 Å². The Morgan fingerprint density at radius 3 is 2.93 bits per heavy atom. The number of carbonyl (C=O) groups excluding carboxylic acids is 2. The van der Waals surface area contributed by atoms with Crippen LogP contribution >= 0.6 is 23.5 Å². The van der Waals surface area contributed by atoms with E-state index in [0.717, 1.165) is 37.4 Å². The molecule has 3 heterocycles. The SMILES string of the molecule is CCOC(=O)C1=C(NC(=O)CSc2nnc(-c3cc(C)on3)o2)S[C@@H]2CCCC[C@H]12. The van der Waals surface area contributed by atoms with Gasteiger partial charge in [0.25, 0.3) is 11.1 Å². The van der Waals surface area contributed by atoms with Crippen LogP contribution in [0.2, 0.25) is 0 Å². The second kappa shape index (κ2) is 9.25. The summed E-state index contributed by atoms with van der Waals surface area (Å²) in [7, 11) is 0. The fourth-order valence-electron chi connectivity index (χ4n) is 3.63. The van der Waals surface area contributed by atoms with Gasteiger partial charge in [-0.1, -0.05) is 29.8 Å². The highest BCUT2D eigenvalue weighted by molar-refractivity contribution is 8.04. The summed E-state index contributed by atoms with van der Waals surface area (Å²) in [5, 5.41) is 15.8. The number of hydrogen-bond acceptors (Lipinski definition) is 10. The summed E-state index contributed by atoms with van der Waals surface area (Å²) in [6, 6.07) is 1.69. The van der Waals surface area contributed by atoms with Gasteiger partial charge in [0.2, 0.25) is 5.91 Å². The molecule has 1 saturated carbocycles. The third-order valence-electron chi connectivity index (χ3n) is 4.92. The first-order valence-corrected chi connectivity index (χ1v) is 11.7. The lowest BCUT2D eigenvalue weighted by molar-refractivity contribution is -0.139. The third kappa shape index (κ3) is 4.56. The van der Waals surface area contributed by atoms with Crippen LogP contribution in [0.15, 0.2) is 30.8 Å². The molecule has 0 unspecified atom stereocenters. The summed E-state index contributed by atoms with van der Waals surface area (Å²) < 4.78 is 15.8. The Morgan fingerprint density at radius 2 is 2.17 bits per heavy atom. The van der Waals surface area contributed by atoms with Crippen molar-refractivity contribution < 1.29 is 23.3 Å². The maximum absolute atomic E-state index is 12.5. The number of fused-ring (bicyclic) bond motifs is 1. The van der Waals surface area contributed by atoms with Gasteiger partial charge in [-0.3, -0.25) is 4.79 Å². The van der Waals surface area contributed by atoms with Gasteiger partial charge >= 0.3 is 5.97 Å². The van der Waals surface area contributed by atoms with E-state index in [2.05, 4.69) is 20.7 Å². The molecular weight excluding hydrogens is 428 g/mol. The van der Waals surface area contributed by atoms with E-state index in [9.17, 15) is 9.59 Å². The lowest BCUT2D eigenvalue weighted by Crippen LogP contribution is -2.26. The molecule has 2 aromatic rings. The van der Waals surface area contributed by atoms with Crippen LogP contribution in [0.1, 0.15) is 38.4 Å². The number of ether oxygens (including phenoxy) is 1. The summed E-state index contributed by atoms with van der Waals surface area (Å²) in [6.45, 7) is 3.86. The number of amides is 1. The van der Waals surface area contributed by atoms with E-state index in [0.29, 0.717) is 33.9 Å². The summed E-state index contributed by atoms with van der Waals surface area (Å²) in [6.07, 6.45) is 4.23. The fraction of sp³-hybridized carbons (Fsp3) is 0.526. The van der Waals surface area contributed by atoms with Gasteiger partial charge in [-0.2, -0.15) is 0 Å². The van der Waals surface area contributed by atoms with Crippen LogP contribution in [0.4, 0.5) is 0 Å². The van der Waals surface area contributed by atoms with Gasteiger partial charge < -0.3 is 19.0 Å². The minimum absolute atomic E-state index is 0.0783. The van der Waals surface area contributed by atoms with Crippen LogP contribution in [0.3, 0.4) is 0 Å². The van der Waals surface area contributed by atoms with Crippen molar-refractivity contribution in [2.45, 2.75) is 50.0 Å². The van der Waals surface area contributed by atoms with E-state index in [-0.39, 0.29) is 34.7 Å². The summed E-state index contributed by atoms with van der Waals surface area (Å²) >= 11 is 2.70. The third-order valence-corrected chi connectivity index (χ3v) is 7.16. The monoisotopic (exact) mass is 450 g/mol. The number of nitrogens with zero attached hydrogens (tertiary/aromatic N) is 3. The van der Waals surface area contributed by atoms with E-state index < -0.39 is 0 Å². The Bertz CT molecular complexity index is 970. The van der Waals surface area contributed by atoms with Crippen molar-refractivity contribution in [3.8, 4) is 11.6 Å². The van der Waals surface area contributed by atoms with Crippen molar-refractivity contribution in [1.29, 1.82) is 0 Å². The first-order valence-electron chi connectivity index (χ1n) is 9.83. The quantitative estimate of drug-likeness (QED) is 0.497. The van der Waals surface area contributed by atoms with E-state index in [1.54, 1.807) is 31.7 Å². The maximum atomic E-state index is 12.5. The maximum Gasteiger partial charge on any atom is 0.336 e. The Kier molecular flexibility index (Phi) is 6.47. The largest absolute Gasteiger partial charge is 0.463 e. The number of esters is 1. The molecule has 1 amide bonds. The van der Waals surface area contributed by atoms with Crippen molar-refractivity contribution >= 4 is 35.4 Å². The molecule has 0 saturated heterocycles. The number of rotatable bonds is 7. The zero-order chi connectivity index (χ0) is 21.1. The van der Waals surface area contributed by atoms with Crippen LogP contribution in [0.25, 0.3) is 11.6 Å². The second-order valence-corrected chi connectivity index (χ2v) is 9.22. The number of thioether (sulfide) groups is 2. The second-order valence-electron chi connectivity index (χ2n) is 7.04. The minimum Gasteiger partial charge on any atom is -0.463 e. The Balaban J connectivity index is 1.39. The number of aryl methyl sites for hydroxylation is 1. The van der Waals surface area contributed by atoms with Crippen LogP contribution in [0.5, 0.6) is 0 Å². The molecule has 2 atom stereocenters. The average Bonchev–Trinajstić information content (AvgIpc) is 3.44. The van der Waals surface area contributed by atoms with E-state index in [4.69, 9.17) is 13.7 Å². The first-order chi connectivity index (χ1) is 14.5. The van der Waals surface area contributed by atoms with Crippen molar-refractivity contribution in [2.75, 3.05) is 12.4 Å². The van der Waals surface area contributed by atoms with Gasteiger partial charge in [0.15, 0.2) is 5.69 Å². The Labute approximate surface area is 181 Å². The molecule has 1 fully saturated rings. The lowest BCUT2D eigenvalue weighted by atomic mass is 9.84. The zero-order valence-corrected chi connectivity index (χ0v) is 18.3. The molecule has 160 valence electrons. The highest BCUT2D eigenvalue weighted by Crippen LogP contribution is 2.48. The Morgan fingerprint density at radius 1 is 1.33 bits per heavy atom. The van der Waals surface area contributed by atoms with Crippen molar-refractivity contribution in [2.24, 2.45) is 5.92 Å². The topological polar surface area (TPSA) is 120 Å². The first kappa shape index (κ1) is 21.0. The van der Waals surface area contributed by atoms with Gasteiger partial charge in [0, 0.05) is 17.2 Å². The standard InChI is InChI=1S/C19H22N4O5S2/c1-3-26-18(25)15-11-6-4-5-7-13(11)30-17(15)20-14(24)9-29-19-22-21-16(27-19)12-8-10(2)28-23-12/h8,11,13H,3-7,9H2,1-2H3,(H,20,24)/t11-,13+/m0/s1. The summed E-state index contributed by atoms with van der Waals surface area (Å²) in [4.78, 5) is 25.0. The Hall–Kier alpha value is -2.27. The van der Waals surface area contributed by atoms with Crippen molar-refractivity contribution in [3.63, 3.8) is 0 Å². The van der Waals surface area contributed by atoms with E-state index in [1.165, 1.54) is 0 Å². The van der Waals surface area contributed by atoms with Crippen molar-refractivity contribution in [1.82, 2.24) is 20.7 Å². The molecule has 1 aliphatic heterocycles. The van der Waals surface area contributed by atoms with Crippen LogP contribution in [-0.2, 0) is 14.3 Å². The molecule has 2 aromatic heterocycles. The summed E-state index contributed by atoms with van der Waals surface area (Å²) in [5.74, 6) is 0.533. The van der Waals surface area contributed by atoms with Crippen LogP contribution in [-0.4, -0.2) is 44.8 Å². The van der Waals surface area contributed by atoms with Crippen LogP contribution in [0, 0.1) is 12.8 Å². The molecule has 0 aromatic carbocycles. The molecule has 9 nitrogen and oxygen atoms in total. The zero-order valence-electron chi connectivity index (χ0n) is 16.7. The minimum atomic E-state index is -0.327. The van der Waals surface area contributed by atoms with E-state index >= 15 is 0 Å². The smallest absolute Gasteiger partial charge is 0.336 e. The molecule has 4 rings (SSSR count). The molecule has 1 aliphatic carbocycles. The van der Waals surface area contributed by atoms with Gasteiger partial charge in [0.1, 0.15) is 5.76 Å². The predicted octanol–water partition coefficient (Wildman–Crippen LogP) is 3.32. The number of aromatic nitrogens is 3. The molecule has 0 radical (unpaired) electrons. The van der Waals surface area contributed by atoms with Gasteiger partial charge in [-0.25, -0.2) is 4.79 Å². The summed E-state index contributed by atoms with van der Waals surface area (Å²) in [5.41, 5.74) is 1.07.